The predicted molar refractivity (Wildman–Crippen MR) is 84.7 cm³/mol. The molecule has 2 heterocycles. The Labute approximate surface area is 135 Å². The number of tetrazole rings is 1. The van der Waals surface area contributed by atoms with Crippen molar-refractivity contribution >= 4 is 17.3 Å². The summed E-state index contributed by atoms with van der Waals surface area (Å²) in [6.45, 7) is 2.10. The van der Waals surface area contributed by atoms with Crippen molar-refractivity contribution < 1.29 is 4.74 Å². The topological polar surface area (TPSA) is 112 Å². The summed E-state index contributed by atoms with van der Waals surface area (Å²) in [6, 6.07) is 7.04. The van der Waals surface area contributed by atoms with Gasteiger partial charge in [0.1, 0.15) is 6.61 Å². The Kier molecular flexibility index (Phi) is 3.98. The van der Waals surface area contributed by atoms with E-state index in [1.165, 1.54) is 16.9 Å². The number of hydrogen-bond acceptors (Lipinski definition) is 6. The average molecular weight is 333 g/mol. The van der Waals surface area contributed by atoms with Gasteiger partial charge in [0.25, 0.3) is 0 Å². The number of H-pyrrole nitrogens is 1. The molecule has 9 heteroatoms. The molecule has 0 aliphatic carbocycles. The smallest absolute Gasteiger partial charge is 0.365 e. The molecule has 3 aromatic rings. The highest BCUT2D eigenvalue weighted by Gasteiger charge is 2.12. The second kappa shape index (κ2) is 6.09. The first-order chi connectivity index (χ1) is 11.1. The van der Waals surface area contributed by atoms with E-state index in [1.807, 2.05) is 19.1 Å². The molecule has 0 fully saturated rings. The molecule has 0 aliphatic rings. The molecule has 118 valence electrons. The number of nitrogen functional groups attached to an aromatic ring is 1. The molecule has 0 unspecified atom stereocenters. The molecule has 8 nitrogen and oxygen atoms in total. The number of nitrogens with one attached hydrogen (secondary N) is 1. The normalized spacial score (nSPS) is 10.7. The van der Waals surface area contributed by atoms with Crippen molar-refractivity contribution in [2.45, 2.75) is 13.5 Å². The Bertz CT molecular complexity index is 904. The number of anilines is 1. The highest BCUT2D eigenvalue weighted by atomic mass is 35.5. The number of benzene rings is 1. The van der Waals surface area contributed by atoms with Crippen molar-refractivity contribution in [2.24, 2.45) is 0 Å². The maximum atomic E-state index is 11.7. The average Bonchev–Trinajstić information content (AvgIpc) is 2.95. The third kappa shape index (κ3) is 3.02. The fourth-order valence-electron chi connectivity index (χ4n) is 2.08. The van der Waals surface area contributed by atoms with Crippen molar-refractivity contribution in [2.75, 3.05) is 5.73 Å². The monoisotopic (exact) mass is 332 g/mol. The highest BCUT2D eigenvalue weighted by molar-refractivity contribution is 6.33. The number of pyridine rings is 1. The molecular weight excluding hydrogens is 320 g/mol. The minimum atomic E-state index is -0.425. The van der Waals surface area contributed by atoms with Crippen LogP contribution < -0.4 is 16.2 Å². The van der Waals surface area contributed by atoms with Crippen molar-refractivity contribution in [1.82, 2.24) is 25.2 Å². The Hall–Kier alpha value is -2.87. The first-order valence-electron chi connectivity index (χ1n) is 6.69. The molecule has 0 saturated heterocycles. The molecule has 0 spiro atoms. The van der Waals surface area contributed by atoms with E-state index in [9.17, 15) is 4.79 Å². The summed E-state index contributed by atoms with van der Waals surface area (Å²) in [6.07, 6.45) is 1.43. The van der Waals surface area contributed by atoms with Crippen molar-refractivity contribution in [3.63, 3.8) is 0 Å². The SMILES string of the molecule is Cc1cccc(-n2nn[nH]c2=O)c1COc1cc(Cl)c(N)cn1. The number of nitrogens with two attached hydrogens (primary N) is 1. The Morgan fingerprint density at radius 1 is 1.43 bits per heavy atom. The zero-order valence-corrected chi connectivity index (χ0v) is 12.9. The lowest BCUT2D eigenvalue weighted by molar-refractivity contribution is 0.292. The zero-order valence-electron chi connectivity index (χ0n) is 12.2. The van der Waals surface area contributed by atoms with E-state index >= 15 is 0 Å². The fourth-order valence-corrected chi connectivity index (χ4v) is 2.22. The van der Waals surface area contributed by atoms with Gasteiger partial charge in [0.05, 0.1) is 22.6 Å². The Morgan fingerprint density at radius 3 is 2.96 bits per heavy atom. The lowest BCUT2D eigenvalue weighted by Crippen LogP contribution is -2.18. The van der Waals surface area contributed by atoms with Gasteiger partial charge in [0, 0.05) is 11.6 Å². The largest absolute Gasteiger partial charge is 0.473 e. The van der Waals surface area contributed by atoms with Gasteiger partial charge in [0.15, 0.2) is 0 Å². The summed E-state index contributed by atoms with van der Waals surface area (Å²) >= 11 is 5.95. The summed E-state index contributed by atoms with van der Waals surface area (Å²) in [5, 5.41) is 9.89. The van der Waals surface area contributed by atoms with Crippen LogP contribution in [-0.2, 0) is 6.61 Å². The van der Waals surface area contributed by atoms with E-state index in [0.717, 1.165) is 11.1 Å². The van der Waals surface area contributed by atoms with E-state index in [2.05, 4.69) is 20.5 Å². The van der Waals surface area contributed by atoms with E-state index < -0.39 is 5.69 Å². The summed E-state index contributed by atoms with van der Waals surface area (Å²) in [5.74, 6) is 0.339. The molecule has 0 bridgehead atoms. The highest BCUT2D eigenvalue weighted by Crippen LogP contribution is 2.23. The first-order valence-corrected chi connectivity index (χ1v) is 7.07. The molecule has 0 aliphatic heterocycles. The number of ether oxygens (including phenoxy) is 1. The van der Waals surface area contributed by atoms with Gasteiger partial charge in [-0.15, -0.1) is 0 Å². The number of aryl methyl sites for hydroxylation is 1. The Balaban J connectivity index is 1.92. The molecule has 0 saturated carbocycles. The van der Waals surface area contributed by atoms with Crippen molar-refractivity contribution in [3.05, 3.63) is 57.1 Å². The van der Waals surface area contributed by atoms with Gasteiger partial charge in [-0.3, -0.25) is 0 Å². The van der Waals surface area contributed by atoms with Crippen LogP contribution in [0.5, 0.6) is 5.88 Å². The molecule has 3 rings (SSSR count). The van der Waals surface area contributed by atoms with Gasteiger partial charge in [0.2, 0.25) is 5.88 Å². The second-order valence-corrected chi connectivity index (χ2v) is 5.23. The van der Waals surface area contributed by atoms with Crippen LogP contribution in [0.15, 0.2) is 35.3 Å². The quantitative estimate of drug-likeness (QED) is 0.748. The number of aromatic nitrogens is 5. The van der Waals surface area contributed by atoms with E-state index in [-0.39, 0.29) is 6.61 Å². The lowest BCUT2D eigenvalue weighted by Gasteiger charge is -2.12. The summed E-state index contributed by atoms with van der Waals surface area (Å²) in [5.41, 5.74) is 7.89. The summed E-state index contributed by atoms with van der Waals surface area (Å²) < 4.78 is 6.84. The summed E-state index contributed by atoms with van der Waals surface area (Å²) in [4.78, 5) is 15.8. The molecule has 1 aromatic carbocycles. The maximum absolute atomic E-state index is 11.7. The van der Waals surface area contributed by atoms with Gasteiger partial charge >= 0.3 is 5.69 Å². The number of hydrogen-bond donors (Lipinski definition) is 2. The molecule has 3 N–H and O–H groups in total. The minimum absolute atomic E-state index is 0.189. The van der Waals surface area contributed by atoms with Gasteiger partial charge in [-0.1, -0.05) is 23.7 Å². The number of rotatable bonds is 4. The van der Waals surface area contributed by atoms with E-state index in [1.54, 1.807) is 6.07 Å². The predicted octanol–water partition coefficient (Wildman–Crippen LogP) is 1.47. The number of halogens is 1. The molecule has 0 radical (unpaired) electrons. The molecule has 0 amide bonds. The van der Waals surface area contributed by atoms with Crippen LogP contribution in [0.2, 0.25) is 5.02 Å². The van der Waals surface area contributed by atoms with Gasteiger partial charge in [-0.05, 0) is 29.0 Å². The van der Waals surface area contributed by atoms with Crippen molar-refractivity contribution in [3.8, 4) is 11.6 Å². The van der Waals surface area contributed by atoms with Crippen LogP contribution in [0.1, 0.15) is 11.1 Å². The fraction of sp³-hybridized carbons (Fsp3) is 0.143. The van der Waals surface area contributed by atoms with Gasteiger partial charge in [-0.2, -0.15) is 4.68 Å². The number of nitrogens with zero attached hydrogens (tertiary/aromatic N) is 4. The van der Waals surface area contributed by atoms with Crippen LogP contribution >= 0.6 is 11.6 Å². The van der Waals surface area contributed by atoms with E-state index in [4.69, 9.17) is 22.1 Å². The molecular formula is C14H13ClN6O2. The van der Waals surface area contributed by atoms with Gasteiger partial charge < -0.3 is 10.5 Å². The second-order valence-electron chi connectivity index (χ2n) is 4.82. The van der Waals surface area contributed by atoms with Crippen LogP contribution in [0.25, 0.3) is 5.69 Å². The third-order valence-corrected chi connectivity index (χ3v) is 3.63. The maximum Gasteiger partial charge on any atom is 0.365 e. The van der Waals surface area contributed by atoms with Gasteiger partial charge in [-0.25, -0.2) is 14.9 Å². The Morgan fingerprint density at radius 2 is 2.26 bits per heavy atom. The first kappa shape index (κ1) is 15.0. The van der Waals surface area contributed by atoms with Crippen LogP contribution in [0.3, 0.4) is 0 Å². The number of aromatic amines is 1. The lowest BCUT2D eigenvalue weighted by atomic mass is 10.1. The van der Waals surface area contributed by atoms with E-state index in [0.29, 0.717) is 22.3 Å². The molecule has 2 aromatic heterocycles. The van der Waals surface area contributed by atoms with Crippen LogP contribution in [0.4, 0.5) is 5.69 Å². The summed E-state index contributed by atoms with van der Waals surface area (Å²) in [7, 11) is 0. The molecule has 23 heavy (non-hydrogen) atoms. The standard InChI is InChI=1S/C14H13ClN6O2/c1-8-3-2-4-12(21-14(22)18-19-20-21)9(8)7-23-13-5-10(15)11(16)6-17-13/h2-6H,7,16H2,1H3,(H,18,20,22). The van der Waals surface area contributed by atoms with Crippen molar-refractivity contribution in [1.29, 1.82) is 0 Å². The molecule has 0 atom stereocenters. The van der Waals surface area contributed by atoms with Crippen LogP contribution in [0, 0.1) is 6.92 Å². The zero-order chi connectivity index (χ0) is 16.4. The third-order valence-electron chi connectivity index (χ3n) is 3.31. The minimum Gasteiger partial charge on any atom is -0.473 e. The van der Waals surface area contributed by atoms with Crippen LogP contribution in [-0.4, -0.2) is 25.2 Å².